The minimum absolute atomic E-state index is 0.157. The second-order valence-corrected chi connectivity index (χ2v) is 5.32. The van der Waals surface area contributed by atoms with Crippen molar-refractivity contribution in [1.82, 2.24) is 0 Å². The third-order valence-electron chi connectivity index (χ3n) is 2.20. The van der Waals surface area contributed by atoms with Gasteiger partial charge >= 0.3 is 5.97 Å². The predicted molar refractivity (Wildman–Crippen MR) is 71.6 cm³/mol. The van der Waals surface area contributed by atoms with Crippen molar-refractivity contribution in [2.45, 2.75) is 47.0 Å². The highest BCUT2D eigenvalue weighted by atomic mass is 16.5. The van der Waals surface area contributed by atoms with Gasteiger partial charge in [0.25, 0.3) is 0 Å². The lowest BCUT2D eigenvalue weighted by Crippen LogP contribution is -2.23. The smallest absolute Gasteiger partial charge is 0.311 e. The molecule has 4 nitrogen and oxygen atoms in total. The van der Waals surface area contributed by atoms with Crippen LogP contribution in [0.1, 0.15) is 47.0 Å². The molecule has 0 rings (SSSR count). The molecule has 18 heavy (non-hydrogen) atoms. The number of carbonyl (C=O) groups is 1. The lowest BCUT2D eigenvalue weighted by molar-refractivity contribution is -0.153. The lowest BCUT2D eigenvalue weighted by atomic mass is 9.97. The molecule has 0 saturated carbocycles. The van der Waals surface area contributed by atoms with Gasteiger partial charge in [-0.3, -0.25) is 4.79 Å². The van der Waals surface area contributed by atoms with E-state index in [2.05, 4.69) is 6.92 Å². The highest BCUT2D eigenvalue weighted by Gasteiger charge is 2.22. The molecule has 0 aromatic carbocycles. The molecule has 0 aromatic rings. The summed E-state index contributed by atoms with van der Waals surface area (Å²) in [4.78, 5) is 11.4. The molecule has 0 saturated heterocycles. The number of esters is 1. The first kappa shape index (κ1) is 17.4. The molecule has 4 heteroatoms. The van der Waals surface area contributed by atoms with Crippen LogP contribution in [0.3, 0.4) is 0 Å². The number of rotatable bonds is 10. The van der Waals surface area contributed by atoms with Crippen LogP contribution in [0.15, 0.2) is 0 Å². The molecular formula is C14H28O4. The van der Waals surface area contributed by atoms with E-state index >= 15 is 0 Å². The first-order valence-electron chi connectivity index (χ1n) is 6.81. The Balaban J connectivity index is 3.19. The van der Waals surface area contributed by atoms with E-state index in [1.54, 1.807) is 0 Å². The van der Waals surface area contributed by atoms with Crippen LogP contribution < -0.4 is 0 Å². The van der Waals surface area contributed by atoms with Crippen molar-refractivity contribution >= 4 is 5.97 Å². The van der Waals surface area contributed by atoms with Crippen LogP contribution in [0.25, 0.3) is 0 Å². The third kappa shape index (κ3) is 10.5. The van der Waals surface area contributed by atoms with Crippen molar-refractivity contribution in [2.75, 3.05) is 33.0 Å². The summed E-state index contributed by atoms with van der Waals surface area (Å²) in [5, 5.41) is 0. The molecule has 0 aliphatic heterocycles. The van der Waals surface area contributed by atoms with Gasteiger partial charge in [0.2, 0.25) is 0 Å². The van der Waals surface area contributed by atoms with Crippen LogP contribution >= 0.6 is 0 Å². The first-order chi connectivity index (χ1) is 8.48. The summed E-state index contributed by atoms with van der Waals surface area (Å²) < 4.78 is 15.9. The van der Waals surface area contributed by atoms with Crippen LogP contribution in [0.2, 0.25) is 0 Å². The third-order valence-corrected chi connectivity index (χ3v) is 2.20. The van der Waals surface area contributed by atoms with E-state index in [0.717, 1.165) is 32.5 Å². The predicted octanol–water partition coefficient (Wildman–Crippen LogP) is 2.80. The van der Waals surface area contributed by atoms with Gasteiger partial charge in [-0.15, -0.1) is 0 Å². The Bertz CT molecular complexity index is 208. The van der Waals surface area contributed by atoms with E-state index in [9.17, 15) is 4.79 Å². The molecule has 0 aliphatic rings. The quantitative estimate of drug-likeness (QED) is 0.447. The van der Waals surface area contributed by atoms with E-state index < -0.39 is 5.41 Å². The second-order valence-electron chi connectivity index (χ2n) is 5.32. The van der Waals surface area contributed by atoms with Crippen molar-refractivity contribution in [1.29, 1.82) is 0 Å². The fourth-order valence-electron chi connectivity index (χ4n) is 1.15. The average molecular weight is 260 g/mol. The van der Waals surface area contributed by atoms with Gasteiger partial charge in [-0.25, -0.2) is 0 Å². The van der Waals surface area contributed by atoms with Gasteiger partial charge in [0.1, 0.15) is 0 Å². The lowest BCUT2D eigenvalue weighted by Gasteiger charge is -2.16. The van der Waals surface area contributed by atoms with Crippen molar-refractivity contribution in [3.63, 3.8) is 0 Å². The van der Waals surface area contributed by atoms with Crippen LogP contribution in [0.4, 0.5) is 0 Å². The topological polar surface area (TPSA) is 44.8 Å². The fraction of sp³-hybridized carbons (Fsp3) is 0.929. The molecule has 0 N–H and O–H groups in total. The molecule has 0 unspecified atom stereocenters. The summed E-state index contributed by atoms with van der Waals surface area (Å²) >= 11 is 0. The molecule has 0 aromatic heterocycles. The molecule has 0 atom stereocenters. The van der Waals surface area contributed by atoms with Crippen LogP contribution in [0.5, 0.6) is 0 Å². The molecular weight excluding hydrogens is 232 g/mol. The van der Waals surface area contributed by atoms with E-state index in [1.807, 2.05) is 20.8 Å². The number of ether oxygens (including phenoxy) is 3. The molecule has 108 valence electrons. The Hall–Kier alpha value is -0.610. The van der Waals surface area contributed by atoms with Crippen LogP contribution in [0, 0.1) is 5.41 Å². The molecule has 0 amide bonds. The highest BCUT2D eigenvalue weighted by Crippen LogP contribution is 2.14. The fourth-order valence-corrected chi connectivity index (χ4v) is 1.15. The van der Waals surface area contributed by atoms with Crippen molar-refractivity contribution in [3.05, 3.63) is 0 Å². The average Bonchev–Trinajstić information content (AvgIpc) is 2.30. The zero-order chi connectivity index (χ0) is 13.9. The van der Waals surface area contributed by atoms with E-state index in [4.69, 9.17) is 14.2 Å². The van der Waals surface area contributed by atoms with Crippen molar-refractivity contribution in [3.8, 4) is 0 Å². The SMILES string of the molecule is CCCOCCCOCCCOC(=O)C(C)(C)C. The monoisotopic (exact) mass is 260 g/mol. The normalized spacial score (nSPS) is 11.6. The van der Waals surface area contributed by atoms with Crippen LogP contribution in [-0.2, 0) is 19.0 Å². The second kappa shape index (κ2) is 10.3. The summed E-state index contributed by atoms with van der Waals surface area (Å²) in [5.74, 6) is -0.157. The Kier molecular flexibility index (Phi) is 9.98. The molecule has 0 fully saturated rings. The number of carbonyl (C=O) groups excluding carboxylic acids is 1. The van der Waals surface area contributed by atoms with Crippen LogP contribution in [-0.4, -0.2) is 39.0 Å². The van der Waals surface area contributed by atoms with Gasteiger partial charge in [0, 0.05) is 32.8 Å². The Morgan fingerprint density at radius 3 is 1.89 bits per heavy atom. The van der Waals surface area contributed by atoms with E-state index in [1.165, 1.54) is 0 Å². The maximum absolute atomic E-state index is 11.4. The van der Waals surface area contributed by atoms with Gasteiger partial charge < -0.3 is 14.2 Å². The van der Waals surface area contributed by atoms with Gasteiger partial charge in [-0.1, -0.05) is 6.92 Å². The summed E-state index contributed by atoms with van der Waals surface area (Å²) in [7, 11) is 0. The van der Waals surface area contributed by atoms with Gasteiger partial charge in [-0.2, -0.15) is 0 Å². The highest BCUT2D eigenvalue weighted by molar-refractivity contribution is 5.75. The summed E-state index contributed by atoms with van der Waals surface area (Å²) in [6.07, 6.45) is 2.72. The zero-order valence-corrected chi connectivity index (χ0v) is 12.3. The Morgan fingerprint density at radius 1 is 0.889 bits per heavy atom. The Morgan fingerprint density at radius 2 is 1.39 bits per heavy atom. The molecule has 0 spiro atoms. The zero-order valence-electron chi connectivity index (χ0n) is 12.3. The summed E-state index contributed by atoms with van der Waals surface area (Å²) in [6, 6.07) is 0. The molecule has 0 heterocycles. The Labute approximate surface area is 111 Å². The largest absolute Gasteiger partial charge is 0.465 e. The van der Waals surface area contributed by atoms with E-state index in [0.29, 0.717) is 19.8 Å². The number of hydrogen-bond acceptors (Lipinski definition) is 4. The van der Waals surface area contributed by atoms with Crippen molar-refractivity contribution in [2.24, 2.45) is 5.41 Å². The minimum Gasteiger partial charge on any atom is -0.465 e. The number of hydrogen-bond donors (Lipinski definition) is 0. The maximum atomic E-state index is 11.4. The summed E-state index contributed by atoms with van der Waals surface area (Å²) in [6.45, 7) is 11.0. The van der Waals surface area contributed by atoms with Gasteiger partial charge in [-0.05, 0) is 33.6 Å². The molecule has 0 radical (unpaired) electrons. The first-order valence-corrected chi connectivity index (χ1v) is 6.81. The van der Waals surface area contributed by atoms with Gasteiger partial charge in [0.15, 0.2) is 0 Å². The van der Waals surface area contributed by atoms with E-state index in [-0.39, 0.29) is 5.97 Å². The molecule has 0 aliphatic carbocycles. The molecule has 0 bridgehead atoms. The summed E-state index contributed by atoms with van der Waals surface area (Å²) in [5.41, 5.74) is -0.419. The van der Waals surface area contributed by atoms with Gasteiger partial charge in [0.05, 0.1) is 12.0 Å². The maximum Gasteiger partial charge on any atom is 0.311 e. The standard InChI is InChI=1S/C14H28O4/c1-5-8-16-9-6-10-17-11-7-12-18-13(15)14(2,3)4/h5-12H2,1-4H3. The van der Waals surface area contributed by atoms with Crippen molar-refractivity contribution < 1.29 is 19.0 Å². The minimum atomic E-state index is -0.419.